The second-order valence-corrected chi connectivity index (χ2v) is 8.67. The van der Waals surface area contributed by atoms with Crippen LogP contribution in [0.3, 0.4) is 0 Å². The summed E-state index contributed by atoms with van der Waals surface area (Å²) in [4.78, 5) is 37.4. The molecule has 0 bridgehead atoms. The normalized spacial score (nSPS) is 24.1. The molecule has 0 radical (unpaired) electrons. The number of piperidine rings is 1. The van der Waals surface area contributed by atoms with Crippen LogP contribution in [0, 0.1) is 17.6 Å². The van der Waals surface area contributed by atoms with Crippen LogP contribution >= 0.6 is 0 Å². The highest BCUT2D eigenvalue weighted by Crippen LogP contribution is 2.32. The Bertz CT molecular complexity index is 1260. The molecule has 2 amide bonds. The highest BCUT2D eigenvalue weighted by molar-refractivity contribution is 6.01. The van der Waals surface area contributed by atoms with Gasteiger partial charge in [0.25, 0.3) is 0 Å². The number of nitrogens with two attached hydrogens (primary N) is 1. The molecule has 0 spiro atoms. The van der Waals surface area contributed by atoms with Gasteiger partial charge in [0.2, 0.25) is 17.8 Å². The van der Waals surface area contributed by atoms with Crippen molar-refractivity contribution in [1.82, 2.24) is 29.4 Å². The van der Waals surface area contributed by atoms with Gasteiger partial charge >= 0.3 is 0 Å². The Morgan fingerprint density at radius 2 is 1.97 bits per heavy atom. The van der Waals surface area contributed by atoms with Gasteiger partial charge < -0.3 is 15.5 Å². The number of hydrogen-bond donors (Lipinski definition) is 1. The van der Waals surface area contributed by atoms with E-state index in [0.717, 1.165) is 25.0 Å². The first-order chi connectivity index (χ1) is 15.2. The van der Waals surface area contributed by atoms with Gasteiger partial charge in [-0.1, -0.05) is 0 Å². The third-order valence-electron chi connectivity index (χ3n) is 6.59. The summed E-state index contributed by atoms with van der Waals surface area (Å²) in [6, 6.07) is 1.89. The van der Waals surface area contributed by atoms with Crippen molar-refractivity contribution in [3.63, 3.8) is 0 Å². The van der Waals surface area contributed by atoms with E-state index in [0.29, 0.717) is 25.3 Å². The van der Waals surface area contributed by atoms with Crippen LogP contribution in [0.25, 0.3) is 16.6 Å². The maximum absolute atomic E-state index is 14.2. The lowest BCUT2D eigenvalue weighted by atomic mass is 9.91. The zero-order chi connectivity index (χ0) is 22.7. The number of hydrogen-bond acceptors (Lipinski definition) is 6. The van der Waals surface area contributed by atoms with E-state index in [1.807, 2.05) is 6.92 Å². The molecule has 2 aliphatic rings. The molecule has 0 aliphatic carbocycles. The number of nitrogen functional groups attached to an aromatic ring is 1. The van der Waals surface area contributed by atoms with Gasteiger partial charge in [0.15, 0.2) is 17.3 Å². The van der Waals surface area contributed by atoms with E-state index >= 15 is 0 Å². The van der Waals surface area contributed by atoms with Crippen LogP contribution < -0.4 is 5.73 Å². The smallest absolute Gasteiger partial charge is 0.235 e. The fourth-order valence-corrected chi connectivity index (χ4v) is 4.72. The lowest BCUT2D eigenvalue weighted by molar-refractivity contribution is -0.145. The minimum absolute atomic E-state index is 0.00903. The molecular formula is C21H23F2N7O2. The van der Waals surface area contributed by atoms with Gasteiger partial charge in [-0.15, -0.1) is 5.10 Å². The molecule has 32 heavy (non-hydrogen) atoms. The number of likely N-dealkylation sites (tertiary alicyclic amines) is 2. The number of rotatable bonds is 2. The van der Waals surface area contributed by atoms with Gasteiger partial charge in [-0.05, 0) is 32.3 Å². The molecule has 168 valence electrons. The summed E-state index contributed by atoms with van der Waals surface area (Å²) >= 11 is 0. The fraction of sp³-hybridized carbons (Fsp3) is 0.476. The van der Waals surface area contributed by atoms with Crippen LogP contribution in [0.4, 0.5) is 14.7 Å². The minimum atomic E-state index is -0.826. The molecule has 4 heterocycles. The largest absolute Gasteiger partial charge is 0.368 e. The summed E-state index contributed by atoms with van der Waals surface area (Å²) in [6.45, 7) is 2.90. The topological polar surface area (TPSA) is 110 Å². The lowest BCUT2D eigenvalue weighted by Gasteiger charge is -2.38. The maximum atomic E-state index is 14.2. The van der Waals surface area contributed by atoms with Crippen LogP contribution in [0.5, 0.6) is 0 Å². The Kier molecular flexibility index (Phi) is 4.72. The molecule has 2 saturated heterocycles. The van der Waals surface area contributed by atoms with Crippen molar-refractivity contribution in [3.05, 3.63) is 29.6 Å². The quantitative estimate of drug-likeness (QED) is 0.604. The summed E-state index contributed by atoms with van der Waals surface area (Å²) in [7, 11) is 1.70. The predicted octanol–water partition coefficient (Wildman–Crippen LogP) is 1.71. The van der Waals surface area contributed by atoms with Crippen LogP contribution in [-0.4, -0.2) is 67.4 Å². The summed E-state index contributed by atoms with van der Waals surface area (Å²) < 4.78 is 29.3. The molecule has 2 aromatic heterocycles. The molecule has 3 aromatic rings. The van der Waals surface area contributed by atoms with Crippen LogP contribution in [0.15, 0.2) is 12.1 Å². The fourth-order valence-electron chi connectivity index (χ4n) is 4.72. The molecule has 1 aromatic carbocycles. The van der Waals surface area contributed by atoms with E-state index in [-0.39, 0.29) is 46.3 Å². The first-order valence-corrected chi connectivity index (χ1v) is 10.6. The van der Waals surface area contributed by atoms with Crippen LogP contribution in [0.2, 0.25) is 0 Å². The van der Waals surface area contributed by atoms with Gasteiger partial charge in [-0.25, -0.2) is 18.7 Å². The van der Waals surface area contributed by atoms with Gasteiger partial charge in [-0.3, -0.25) is 9.59 Å². The molecule has 11 heteroatoms. The third kappa shape index (κ3) is 3.14. The average Bonchev–Trinajstić information content (AvgIpc) is 3.34. The zero-order valence-corrected chi connectivity index (χ0v) is 17.8. The first kappa shape index (κ1) is 20.5. The van der Waals surface area contributed by atoms with E-state index < -0.39 is 17.6 Å². The Hall–Kier alpha value is -3.37. The van der Waals surface area contributed by atoms with E-state index in [2.05, 4.69) is 15.1 Å². The molecule has 0 saturated carbocycles. The summed E-state index contributed by atoms with van der Waals surface area (Å²) in [5, 5.41) is 4.62. The summed E-state index contributed by atoms with van der Waals surface area (Å²) in [5.41, 5.74) is 6.10. The van der Waals surface area contributed by atoms with Crippen LogP contribution in [0.1, 0.15) is 37.9 Å². The molecule has 5 rings (SSSR count). The van der Waals surface area contributed by atoms with Crippen molar-refractivity contribution < 1.29 is 18.4 Å². The lowest BCUT2D eigenvalue weighted by Crippen LogP contribution is -2.48. The number of aromatic nitrogens is 4. The number of fused-ring (bicyclic) bond motifs is 3. The van der Waals surface area contributed by atoms with Crippen molar-refractivity contribution >= 4 is 34.3 Å². The number of nitrogens with zero attached hydrogens (tertiary/aromatic N) is 6. The van der Waals surface area contributed by atoms with Gasteiger partial charge in [0, 0.05) is 38.2 Å². The maximum Gasteiger partial charge on any atom is 0.235 e. The van der Waals surface area contributed by atoms with Crippen molar-refractivity contribution in [2.75, 3.05) is 25.9 Å². The number of amides is 2. The van der Waals surface area contributed by atoms with E-state index in [4.69, 9.17) is 5.73 Å². The number of benzene rings is 1. The van der Waals surface area contributed by atoms with E-state index in [9.17, 15) is 18.4 Å². The molecule has 2 fully saturated rings. The monoisotopic (exact) mass is 443 g/mol. The van der Waals surface area contributed by atoms with Crippen molar-refractivity contribution in [1.29, 1.82) is 0 Å². The van der Waals surface area contributed by atoms with Gasteiger partial charge in [0.05, 0.1) is 5.39 Å². The first-order valence-electron chi connectivity index (χ1n) is 10.6. The predicted molar refractivity (Wildman–Crippen MR) is 112 cm³/mol. The molecule has 2 N–H and O–H groups in total. The Balaban J connectivity index is 1.50. The number of halogens is 2. The summed E-state index contributed by atoms with van der Waals surface area (Å²) in [5.74, 6) is -2.37. The van der Waals surface area contributed by atoms with E-state index in [1.54, 1.807) is 16.8 Å². The molecule has 3 atom stereocenters. The molecular weight excluding hydrogens is 420 g/mol. The molecule has 1 unspecified atom stereocenters. The second kappa shape index (κ2) is 7.35. The molecule has 2 aliphatic heterocycles. The summed E-state index contributed by atoms with van der Waals surface area (Å²) in [6.07, 6.45) is 1.97. The number of carbonyl (C=O) groups excluding carboxylic acids is 2. The molecule has 9 nitrogen and oxygen atoms in total. The van der Waals surface area contributed by atoms with Crippen LogP contribution in [-0.2, 0) is 9.59 Å². The number of carbonyl (C=O) groups is 2. The second-order valence-electron chi connectivity index (χ2n) is 8.67. The highest BCUT2D eigenvalue weighted by atomic mass is 19.1. The van der Waals surface area contributed by atoms with Gasteiger partial charge in [-0.2, -0.15) is 4.52 Å². The van der Waals surface area contributed by atoms with Crippen molar-refractivity contribution in [3.8, 4) is 0 Å². The highest BCUT2D eigenvalue weighted by Gasteiger charge is 2.41. The minimum Gasteiger partial charge on any atom is -0.368 e. The Labute approximate surface area is 182 Å². The van der Waals surface area contributed by atoms with Crippen molar-refractivity contribution in [2.45, 2.75) is 38.1 Å². The SMILES string of the molecule is C[C@H]1CC[C@@H](c2nc3c4cc(F)cc(F)c4nc(N)n3n2)CN1C(=O)C1CCN(C)C1=O. The Morgan fingerprint density at radius 3 is 2.69 bits per heavy atom. The zero-order valence-electron chi connectivity index (χ0n) is 17.8. The van der Waals surface area contributed by atoms with Gasteiger partial charge in [0.1, 0.15) is 17.3 Å². The van der Waals surface area contributed by atoms with E-state index in [1.165, 1.54) is 4.52 Å². The average molecular weight is 443 g/mol. The van der Waals surface area contributed by atoms with Crippen molar-refractivity contribution in [2.24, 2.45) is 5.92 Å². The standard InChI is InChI=1S/C21H23F2N7O2/c1-10-3-4-11(9-29(10)20(32)13-5-6-28(2)19(13)31)17-26-18-14-7-12(22)8-15(23)16(14)25-21(24)30(18)27-17/h7-8,10-11,13H,3-6,9H2,1-2H3,(H2,24,25)/t10-,11+,13?/m0/s1. The number of anilines is 1. The third-order valence-corrected chi connectivity index (χ3v) is 6.59. The Morgan fingerprint density at radius 1 is 1.19 bits per heavy atom.